The quantitative estimate of drug-likeness (QED) is 0.572. The first kappa shape index (κ1) is 24.8. The van der Waals surface area contributed by atoms with E-state index in [0.29, 0.717) is 17.0 Å². The van der Waals surface area contributed by atoms with Gasteiger partial charge in [0.15, 0.2) is 0 Å². The molecule has 0 aromatic heterocycles. The second-order valence-corrected chi connectivity index (χ2v) is 9.04. The van der Waals surface area contributed by atoms with Gasteiger partial charge >= 0.3 is 6.36 Å². The predicted octanol–water partition coefficient (Wildman–Crippen LogP) is 4.54. The first-order chi connectivity index (χ1) is 14.8. The van der Waals surface area contributed by atoms with E-state index in [-0.39, 0.29) is 18.6 Å². The number of hydrogen-bond donors (Lipinski definition) is 3. The van der Waals surface area contributed by atoms with Gasteiger partial charge in [-0.2, -0.15) is 0 Å². The number of aliphatic hydroxyl groups is 3. The SMILES string of the molecule is CC(C)(O)[C@]1(CO)CC(O)C[C@H](c2ccc(Cl)c(Cc3ccc(OC(F)(F)F)cc3)c2)O1. The molecule has 0 radical (unpaired) electrons. The zero-order chi connectivity index (χ0) is 23.7. The van der Waals surface area contributed by atoms with Crippen molar-refractivity contribution in [2.24, 2.45) is 0 Å². The summed E-state index contributed by atoms with van der Waals surface area (Å²) in [5, 5.41) is 31.4. The number of aliphatic hydroxyl groups excluding tert-OH is 2. The molecule has 0 aliphatic carbocycles. The van der Waals surface area contributed by atoms with Gasteiger partial charge in [0.2, 0.25) is 0 Å². The Balaban J connectivity index is 1.82. The average Bonchev–Trinajstić information content (AvgIpc) is 2.68. The molecule has 2 aromatic rings. The van der Waals surface area contributed by atoms with Crippen LogP contribution in [0.3, 0.4) is 0 Å². The maximum absolute atomic E-state index is 12.3. The minimum absolute atomic E-state index is 0.0935. The Kier molecular flexibility index (Phi) is 7.12. The van der Waals surface area contributed by atoms with Crippen molar-refractivity contribution in [2.75, 3.05) is 6.61 Å². The summed E-state index contributed by atoms with van der Waals surface area (Å²) in [6.07, 6.45) is -5.40. The lowest BCUT2D eigenvalue weighted by Crippen LogP contribution is -2.59. The number of alkyl halides is 3. The highest BCUT2D eigenvalue weighted by Gasteiger charge is 2.51. The summed E-state index contributed by atoms with van der Waals surface area (Å²) in [6.45, 7) is 2.59. The van der Waals surface area contributed by atoms with Crippen LogP contribution in [0.4, 0.5) is 13.2 Å². The van der Waals surface area contributed by atoms with E-state index in [1.165, 1.54) is 38.1 Å². The molecule has 0 bridgehead atoms. The number of halogens is 4. The molecule has 3 rings (SSSR count). The fourth-order valence-corrected chi connectivity index (χ4v) is 4.12. The fraction of sp³-hybridized carbons (Fsp3) is 0.478. The van der Waals surface area contributed by atoms with Crippen molar-refractivity contribution in [3.63, 3.8) is 0 Å². The number of hydrogen-bond acceptors (Lipinski definition) is 5. The Hall–Kier alpha value is -1.84. The molecule has 1 aliphatic rings. The molecule has 32 heavy (non-hydrogen) atoms. The molecular formula is C23H26ClF3O5. The van der Waals surface area contributed by atoms with Crippen molar-refractivity contribution in [3.8, 4) is 5.75 Å². The number of ether oxygens (including phenoxy) is 2. The summed E-state index contributed by atoms with van der Waals surface area (Å²) in [5.74, 6) is -0.308. The van der Waals surface area contributed by atoms with Crippen LogP contribution in [-0.4, -0.2) is 45.6 Å². The summed E-state index contributed by atoms with van der Waals surface area (Å²) in [6, 6.07) is 10.8. The van der Waals surface area contributed by atoms with E-state index in [1.807, 2.05) is 0 Å². The molecule has 1 heterocycles. The average molecular weight is 475 g/mol. The molecule has 3 atom stereocenters. The van der Waals surface area contributed by atoms with Crippen LogP contribution in [0, 0.1) is 0 Å². The van der Waals surface area contributed by atoms with Gasteiger partial charge in [-0.1, -0.05) is 35.9 Å². The molecule has 9 heteroatoms. The fourth-order valence-electron chi connectivity index (χ4n) is 3.93. The van der Waals surface area contributed by atoms with Crippen LogP contribution in [0.2, 0.25) is 5.02 Å². The van der Waals surface area contributed by atoms with Crippen molar-refractivity contribution in [3.05, 3.63) is 64.2 Å². The van der Waals surface area contributed by atoms with Crippen molar-refractivity contribution >= 4 is 11.6 Å². The molecule has 0 amide bonds. The first-order valence-corrected chi connectivity index (χ1v) is 10.5. The molecule has 1 saturated heterocycles. The van der Waals surface area contributed by atoms with Gasteiger partial charge in [0.05, 0.1) is 24.4 Å². The van der Waals surface area contributed by atoms with E-state index in [9.17, 15) is 28.5 Å². The Bertz CT molecular complexity index is 927. The van der Waals surface area contributed by atoms with E-state index < -0.39 is 36.4 Å². The lowest BCUT2D eigenvalue weighted by molar-refractivity contribution is -0.274. The lowest BCUT2D eigenvalue weighted by atomic mass is 9.77. The third-order valence-electron chi connectivity index (χ3n) is 5.78. The zero-order valence-electron chi connectivity index (χ0n) is 17.7. The van der Waals surface area contributed by atoms with Gasteiger partial charge in [-0.05, 0) is 55.2 Å². The van der Waals surface area contributed by atoms with Crippen molar-refractivity contribution < 1.29 is 38.0 Å². The summed E-state index contributed by atoms with van der Waals surface area (Å²) in [4.78, 5) is 0. The van der Waals surface area contributed by atoms with Gasteiger partial charge in [-0.25, -0.2) is 0 Å². The van der Waals surface area contributed by atoms with Gasteiger partial charge < -0.3 is 24.8 Å². The predicted molar refractivity (Wildman–Crippen MR) is 113 cm³/mol. The molecule has 0 spiro atoms. The van der Waals surface area contributed by atoms with E-state index in [2.05, 4.69) is 4.74 Å². The molecular weight excluding hydrogens is 449 g/mol. The molecule has 1 aliphatic heterocycles. The van der Waals surface area contributed by atoms with Crippen LogP contribution in [-0.2, 0) is 11.2 Å². The maximum atomic E-state index is 12.3. The maximum Gasteiger partial charge on any atom is 0.573 e. The molecule has 176 valence electrons. The van der Waals surface area contributed by atoms with Crippen LogP contribution in [0.25, 0.3) is 0 Å². The monoisotopic (exact) mass is 474 g/mol. The minimum atomic E-state index is -4.75. The van der Waals surface area contributed by atoms with Crippen molar-refractivity contribution in [2.45, 2.75) is 62.9 Å². The highest BCUT2D eigenvalue weighted by molar-refractivity contribution is 6.31. The highest BCUT2D eigenvalue weighted by atomic mass is 35.5. The first-order valence-electron chi connectivity index (χ1n) is 10.1. The normalized spacial score (nSPS) is 24.4. The molecule has 5 nitrogen and oxygen atoms in total. The van der Waals surface area contributed by atoms with E-state index in [1.54, 1.807) is 18.2 Å². The Morgan fingerprint density at radius 2 is 1.81 bits per heavy atom. The molecule has 1 fully saturated rings. The standard InChI is InChI=1S/C23H26ClF3O5/c1-21(2,30)22(13-28)12-17(29)11-20(32-22)15-5-8-19(24)16(10-15)9-14-3-6-18(7-4-14)31-23(25,26)27/h3-8,10,17,20,28-30H,9,11-13H2,1-2H3/t17?,20-,22-/m1/s1. The van der Waals surface area contributed by atoms with Gasteiger partial charge in [0.25, 0.3) is 0 Å². The third-order valence-corrected chi connectivity index (χ3v) is 6.15. The highest BCUT2D eigenvalue weighted by Crippen LogP contribution is 2.43. The minimum Gasteiger partial charge on any atom is -0.406 e. The smallest absolute Gasteiger partial charge is 0.406 e. The van der Waals surface area contributed by atoms with Gasteiger partial charge in [0, 0.05) is 17.9 Å². The summed E-state index contributed by atoms with van der Waals surface area (Å²) in [7, 11) is 0. The lowest BCUT2D eigenvalue weighted by Gasteiger charge is -2.48. The van der Waals surface area contributed by atoms with E-state index >= 15 is 0 Å². The van der Waals surface area contributed by atoms with Crippen molar-refractivity contribution in [1.82, 2.24) is 0 Å². The van der Waals surface area contributed by atoms with Crippen LogP contribution in [0.1, 0.15) is 49.5 Å². The second kappa shape index (κ2) is 9.19. The molecule has 2 aromatic carbocycles. The zero-order valence-corrected chi connectivity index (χ0v) is 18.5. The Morgan fingerprint density at radius 1 is 1.16 bits per heavy atom. The molecule has 3 N–H and O–H groups in total. The second-order valence-electron chi connectivity index (χ2n) is 8.63. The third kappa shape index (κ3) is 5.74. The van der Waals surface area contributed by atoms with E-state index in [0.717, 1.165) is 11.1 Å². The van der Waals surface area contributed by atoms with Gasteiger partial charge in [-0.15, -0.1) is 13.2 Å². The van der Waals surface area contributed by atoms with Crippen LogP contribution < -0.4 is 4.74 Å². The van der Waals surface area contributed by atoms with Gasteiger partial charge in [-0.3, -0.25) is 0 Å². The topological polar surface area (TPSA) is 79.2 Å². The summed E-state index contributed by atoms with van der Waals surface area (Å²) < 4.78 is 47.0. The van der Waals surface area contributed by atoms with Crippen LogP contribution in [0.5, 0.6) is 5.75 Å². The summed E-state index contributed by atoms with van der Waals surface area (Å²) in [5.41, 5.74) is -0.567. The van der Waals surface area contributed by atoms with Crippen LogP contribution >= 0.6 is 11.6 Å². The van der Waals surface area contributed by atoms with Crippen molar-refractivity contribution in [1.29, 1.82) is 0 Å². The Labute approximate surface area is 189 Å². The number of benzene rings is 2. The van der Waals surface area contributed by atoms with Crippen LogP contribution in [0.15, 0.2) is 42.5 Å². The molecule has 1 unspecified atom stereocenters. The largest absolute Gasteiger partial charge is 0.573 e. The summed E-state index contributed by atoms with van der Waals surface area (Å²) >= 11 is 6.34. The number of rotatable bonds is 6. The van der Waals surface area contributed by atoms with Gasteiger partial charge in [0.1, 0.15) is 11.4 Å². The Morgan fingerprint density at radius 3 is 2.38 bits per heavy atom. The van der Waals surface area contributed by atoms with E-state index in [4.69, 9.17) is 16.3 Å². The molecule has 0 saturated carbocycles.